The van der Waals surface area contributed by atoms with E-state index in [1.165, 1.54) is 5.57 Å². The van der Waals surface area contributed by atoms with Crippen molar-refractivity contribution in [2.45, 2.75) is 104 Å². The van der Waals surface area contributed by atoms with Gasteiger partial charge in [0.1, 0.15) is 11.6 Å². The second kappa shape index (κ2) is 10.2. The van der Waals surface area contributed by atoms with Crippen molar-refractivity contribution in [3.8, 4) is 0 Å². The van der Waals surface area contributed by atoms with Gasteiger partial charge in [-0.05, 0) is 99.9 Å². The molecule has 0 heterocycles. The maximum Gasteiger partial charge on any atom is 0.326 e. The van der Waals surface area contributed by atoms with E-state index in [0.717, 1.165) is 50.7 Å². The lowest BCUT2D eigenvalue weighted by Crippen LogP contribution is -2.57. The SMILES string of the molecule is CC(=O)[C@@]1(O)CC[C@H]2[C@@H]3CCC4=CC(=NOCC(=O)N[C@H](CC(C)C)C(=O)O)CC[C@]4(C)[C@H]3CC[C@@]21C. The maximum absolute atomic E-state index is 12.4. The zero-order valence-corrected chi connectivity index (χ0v) is 23.0. The molecular formula is C29H44N2O6. The summed E-state index contributed by atoms with van der Waals surface area (Å²) < 4.78 is 0. The van der Waals surface area contributed by atoms with Gasteiger partial charge in [0.25, 0.3) is 5.91 Å². The highest BCUT2D eigenvalue weighted by molar-refractivity contribution is 5.96. The number of aliphatic hydroxyl groups is 1. The number of nitrogens with one attached hydrogen (secondary N) is 1. The molecule has 7 atom stereocenters. The van der Waals surface area contributed by atoms with Crippen molar-refractivity contribution >= 4 is 23.4 Å². The van der Waals surface area contributed by atoms with Gasteiger partial charge in [-0.25, -0.2) is 4.79 Å². The van der Waals surface area contributed by atoms with E-state index in [9.17, 15) is 24.6 Å². The molecular weight excluding hydrogens is 472 g/mol. The zero-order valence-electron chi connectivity index (χ0n) is 23.0. The molecule has 8 nitrogen and oxygen atoms in total. The molecule has 0 aromatic carbocycles. The summed E-state index contributed by atoms with van der Waals surface area (Å²) in [5.41, 5.74) is 0.765. The zero-order chi connectivity index (χ0) is 27.2. The molecule has 4 aliphatic carbocycles. The number of nitrogens with zero attached hydrogens (tertiary/aromatic N) is 1. The number of carbonyl (C=O) groups excluding carboxylic acids is 2. The lowest BCUT2D eigenvalue weighted by atomic mass is 9.46. The summed E-state index contributed by atoms with van der Waals surface area (Å²) in [5, 5.41) is 27.4. The summed E-state index contributed by atoms with van der Waals surface area (Å²) in [5.74, 6) is -0.0502. The van der Waals surface area contributed by atoms with E-state index in [2.05, 4.69) is 30.4 Å². The van der Waals surface area contributed by atoms with Crippen LogP contribution in [0, 0.1) is 34.5 Å². The van der Waals surface area contributed by atoms with Crippen LogP contribution >= 0.6 is 0 Å². The van der Waals surface area contributed by atoms with Gasteiger partial charge in [-0.1, -0.05) is 38.4 Å². The molecule has 1 amide bonds. The normalized spacial score (nSPS) is 38.7. The van der Waals surface area contributed by atoms with Gasteiger partial charge in [0.2, 0.25) is 0 Å². The Labute approximate surface area is 220 Å². The summed E-state index contributed by atoms with van der Waals surface area (Å²) in [4.78, 5) is 41.3. The van der Waals surface area contributed by atoms with Crippen LogP contribution in [0.5, 0.6) is 0 Å². The Morgan fingerprint density at radius 2 is 1.81 bits per heavy atom. The molecule has 0 saturated heterocycles. The Hall–Kier alpha value is -2.22. The average Bonchev–Trinajstić information content (AvgIpc) is 3.10. The van der Waals surface area contributed by atoms with Crippen LogP contribution in [-0.4, -0.2) is 51.8 Å². The molecule has 4 rings (SSSR count). The largest absolute Gasteiger partial charge is 0.480 e. The number of oxime groups is 1. The number of rotatable bonds is 8. The van der Waals surface area contributed by atoms with Crippen LogP contribution in [0.15, 0.2) is 16.8 Å². The first kappa shape index (κ1) is 27.8. The number of hydrogen-bond donors (Lipinski definition) is 3. The van der Waals surface area contributed by atoms with Gasteiger partial charge in [0.15, 0.2) is 12.4 Å². The molecule has 0 radical (unpaired) electrons. The molecule has 0 aliphatic heterocycles. The molecule has 206 valence electrons. The highest BCUT2D eigenvalue weighted by Crippen LogP contribution is 2.67. The van der Waals surface area contributed by atoms with E-state index >= 15 is 0 Å². The van der Waals surface area contributed by atoms with Crippen LogP contribution in [0.2, 0.25) is 0 Å². The van der Waals surface area contributed by atoms with Gasteiger partial charge in [-0.15, -0.1) is 0 Å². The number of fused-ring (bicyclic) bond motifs is 5. The molecule has 3 N–H and O–H groups in total. The molecule has 37 heavy (non-hydrogen) atoms. The van der Waals surface area contributed by atoms with E-state index in [1.807, 2.05) is 13.8 Å². The smallest absolute Gasteiger partial charge is 0.326 e. The van der Waals surface area contributed by atoms with E-state index in [0.29, 0.717) is 30.6 Å². The van der Waals surface area contributed by atoms with Crippen molar-refractivity contribution < 1.29 is 29.4 Å². The number of aliphatic carboxylic acids is 1. The summed E-state index contributed by atoms with van der Waals surface area (Å²) in [7, 11) is 0. The second-order valence-corrected chi connectivity index (χ2v) is 12.9. The van der Waals surface area contributed by atoms with Gasteiger partial charge < -0.3 is 20.4 Å². The van der Waals surface area contributed by atoms with Crippen molar-refractivity contribution in [2.75, 3.05) is 6.61 Å². The van der Waals surface area contributed by atoms with Crippen LogP contribution in [0.1, 0.15) is 92.4 Å². The monoisotopic (exact) mass is 516 g/mol. The lowest BCUT2D eigenvalue weighted by Gasteiger charge is -2.59. The Kier molecular flexibility index (Phi) is 7.63. The van der Waals surface area contributed by atoms with Gasteiger partial charge >= 0.3 is 5.97 Å². The number of allylic oxidation sites excluding steroid dienone is 2. The third kappa shape index (κ3) is 4.86. The first-order chi connectivity index (χ1) is 17.3. The summed E-state index contributed by atoms with van der Waals surface area (Å²) in [6.07, 6.45) is 9.66. The minimum Gasteiger partial charge on any atom is -0.480 e. The van der Waals surface area contributed by atoms with E-state index in [1.54, 1.807) is 6.92 Å². The summed E-state index contributed by atoms with van der Waals surface area (Å²) >= 11 is 0. The fourth-order valence-corrected chi connectivity index (χ4v) is 8.34. The standard InChI is InChI=1S/C29H44N2O6/c1-17(2)14-24(26(34)35)30-25(33)16-37-31-20-8-11-27(4)19(15-20)6-7-21-22(27)9-12-28(5)23(21)10-13-29(28,36)18(3)32/h15,17,21-24,36H,6-14,16H2,1-5H3,(H,30,33)(H,34,35)/t21-,22+,23+,24-,27+,28+,29+/m1/s1. The third-order valence-electron chi connectivity index (χ3n) is 10.4. The van der Waals surface area contributed by atoms with Crippen molar-refractivity contribution in [3.63, 3.8) is 0 Å². The highest BCUT2D eigenvalue weighted by Gasteiger charge is 2.65. The highest BCUT2D eigenvalue weighted by atomic mass is 16.6. The van der Waals surface area contributed by atoms with Gasteiger partial charge in [0, 0.05) is 5.41 Å². The Bertz CT molecular complexity index is 1000. The number of ketones is 1. The van der Waals surface area contributed by atoms with Crippen LogP contribution in [0.4, 0.5) is 0 Å². The van der Waals surface area contributed by atoms with Gasteiger partial charge in [-0.3, -0.25) is 9.59 Å². The van der Waals surface area contributed by atoms with Gasteiger partial charge in [-0.2, -0.15) is 0 Å². The van der Waals surface area contributed by atoms with Crippen LogP contribution < -0.4 is 5.32 Å². The number of amides is 1. The number of carboxylic acid groups (broad SMARTS) is 1. The van der Waals surface area contributed by atoms with Crippen LogP contribution in [0.3, 0.4) is 0 Å². The number of Topliss-reactive ketones (excluding diaryl/α,β-unsaturated/α-hetero) is 1. The minimum atomic E-state index is -1.19. The molecule has 0 aromatic heterocycles. The minimum absolute atomic E-state index is 0.0725. The second-order valence-electron chi connectivity index (χ2n) is 12.9. The molecule has 3 fully saturated rings. The topological polar surface area (TPSA) is 125 Å². The number of carbonyl (C=O) groups is 3. The van der Waals surface area contributed by atoms with E-state index in [4.69, 9.17) is 4.84 Å². The Morgan fingerprint density at radius 3 is 2.46 bits per heavy atom. The van der Waals surface area contributed by atoms with Crippen molar-refractivity contribution in [1.29, 1.82) is 0 Å². The maximum atomic E-state index is 12.4. The van der Waals surface area contributed by atoms with E-state index in [-0.39, 0.29) is 29.1 Å². The average molecular weight is 517 g/mol. The Morgan fingerprint density at radius 1 is 1.11 bits per heavy atom. The molecule has 3 saturated carbocycles. The number of carboxylic acids is 1. The van der Waals surface area contributed by atoms with Crippen molar-refractivity contribution in [3.05, 3.63) is 11.6 Å². The summed E-state index contributed by atoms with van der Waals surface area (Å²) in [6.45, 7) is 9.58. The van der Waals surface area contributed by atoms with Crippen LogP contribution in [0.25, 0.3) is 0 Å². The molecule has 0 spiro atoms. The van der Waals surface area contributed by atoms with Gasteiger partial charge in [0.05, 0.1) is 5.71 Å². The summed E-state index contributed by atoms with van der Waals surface area (Å²) in [6, 6.07) is -0.930. The Balaban J connectivity index is 1.40. The third-order valence-corrected chi connectivity index (χ3v) is 10.4. The van der Waals surface area contributed by atoms with Crippen molar-refractivity contribution in [1.82, 2.24) is 5.32 Å². The lowest BCUT2D eigenvalue weighted by molar-refractivity contribution is -0.159. The fourth-order valence-electron chi connectivity index (χ4n) is 8.34. The predicted molar refractivity (Wildman–Crippen MR) is 140 cm³/mol. The first-order valence-electron chi connectivity index (χ1n) is 14.0. The first-order valence-corrected chi connectivity index (χ1v) is 14.0. The van der Waals surface area contributed by atoms with Crippen molar-refractivity contribution in [2.24, 2.45) is 39.7 Å². The molecule has 0 unspecified atom stereocenters. The van der Waals surface area contributed by atoms with E-state index < -0.39 is 23.5 Å². The molecule has 0 aromatic rings. The molecule has 4 aliphatic rings. The molecule has 8 heteroatoms. The predicted octanol–water partition coefficient (Wildman–Crippen LogP) is 4.26. The quantitative estimate of drug-likeness (QED) is 0.414. The number of hydrogen-bond acceptors (Lipinski definition) is 6. The fraction of sp³-hybridized carbons (Fsp3) is 0.793. The molecule has 0 bridgehead atoms. The van der Waals surface area contributed by atoms with Crippen LogP contribution in [-0.2, 0) is 19.2 Å².